The largest absolute Gasteiger partial charge is 0.393 e. The van der Waals surface area contributed by atoms with Crippen LogP contribution in [0.4, 0.5) is 0 Å². The van der Waals surface area contributed by atoms with Crippen LogP contribution in [0.15, 0.2) is 0 Å². The number of ether oxygens (including phenoxy) is 2. The second-order valence-electron chi connectivity index (χ2n) is 4.41. The van der Waals surface area contributed by atoms with Crippen molar-refractivity contribution >= 4 is 0 Å². The van der Waals surface area contributed by atoms with Gasteiger partial charge in [0.2, 0.25) is 0 Å². The summed E-state index contributed by atoms with van der Waals surface area (Å²) in [5, 5.41) is 19.0. The number of hydrogen-bond donors (Lipinski definition) is 2. The molecule has 0 saturated heterocycles. The molecule has 1 aliphatic carbocycles. The Kier molecular flexibility index (Phi) is 3.89. The van der Waals surface area contributed by atoms with Gasteiger partial charge in [-0.1, -0.05) is 0 Å². The molecule has 0 aromatic carbocycles. The summed E-state index contributed by atoms with van der Waals surface area (Å²) in [5.74, 6) is -1.14. The molecule has 1 fully saturated rings. The van der Waals surface area contributed by atoms with Crippen molar-refractivity contribution in [2.75, 3.05) is 7.11 Å². The summed E-state index contributed by atoms with van der Waals surface area (Å²) in [4.78, 5) is 0. The minimum atomic E-state index is -1.14. The lowest BCUT2D eigenvalue weighted by atomic mass is 9.92. The summed E-state index contributed by atoms with van der Waals surface area (Å²) >= 11 is 0. The molecule has 0 heterocycles. The minimum Gasteiger partial charge on any atom is -0.393 e. The molecule has 1 aliphatic rings. The highest BCUT2D eigenvalue weighted by Crippen LogP contribution is 2.26. The van der Waals surface area contributed by atoms with Gasteiger partial charge in [-0.15, -0.1) is 0 Å². The fourth-order valence-corrected chi connectivity index (χ4v) is 1.89. The molecule has 2 N–H and O–H groups in total. The number of rotatable bonds is 3. The van der Waals surface area contributed by atoms with Gasteiger partial charge < -0.3 is 19.7 Å². The molecule has 0 amide bonds. The molecule has 1 saturated carbocycles. The molecule has 0 bridgehead atoms. The van der Waals surface area contributed by atoms with Gasteiger partial charge in [0.1, 0.15) is 0 Å². The molecule has 0 aromatic heterocycles. The Balaban J connectivity index is 2.45. The van der Waals surface area contributed by atoms with Gasteiger partial charge in [-0.05, 0) is 26.7 Å². The summed E-state index contributed by atoms with van der Waals surface area (Å²) in [6, 6.07) is 0. The SMILES string of the molecule is COC1CC(O)CC(OC(C)(C)O)C1. The predicted molar refractivity (Wildman–Crippen MR) is 51.8 cm³/mol. The third-order valence-electron chi connectivity index (χ3n) is 2.38. The van der Waals surface area contributed by atoms with E-state index in [9.17, 15) is 10.2 Å². The first-order valence-corrected chi connectivity index (χ1v) is 5.02. The first kappa shape index (κ1) is 11.9. The molecule has 0 radical (unpaired) electrons. The Bertz CT molecular complexity index is 175. The highest BCUT2D eigenvalue weighted by atomic mass is 16.6. The van der Waals surface area contributed by atoms with E-state index in [-0.39, 0.29) is 18.3 Å². The van der Waals surface area contributed by atoms with Crippen molar-refractivity contribution < 1.29 is 19.7 Å². The lowest BCUT2D eigenvalue weighted by molar-refractivity contribution is -0.223. The molecule has 0 spiro atoms. The van der Waals surface area contributed by atoms with E-state index in [4.69, 9.17) is 9.47 Å². The van der Waals surface area contributed by atoms with Crippen LogP contribution in [-0.2, 0) is 9.47 Å². The van der Waals surface area contributed by atoms with Gasteiger partial charge in [0.05, 0.1) is 18.3 Å². The summed E-state index contributed by atoms with van der Waals surface area (Å²) in [6.45, 7) is 3.19. The molecule has 14 heavy (non-hydrogen) atoms. The van der Waals surface area contributed by atoms with Crippen LogP contribution in [0.2, 0.25) is 0 Å². The van der Waals surface area contributed by atoms with Gasteiger partial charge in [0.25, 0.3) is 0 Å². The monoisotopic (exact) mass is 204 g/mol. The van der Waals surface area contributed by atoms with Crippen molar-refractivity contribution in [3.8, 4) is 0 Å². The standard InChI is InChI=1S/C10H20O4/c1-10(2,12)14-9-5-7(11)4-8(6-9)13-3/h7-9,11-12H,4-6H2,1-3H3. The third kappa shape index (κ3) is 3.92. The van der Waals surface area contributed by atoms with Crippen LogP contribution in [0.1, 0.15) is 33.1 Å². The van der Waals surface area contributed by atoms with Crippen molar-refractivity contribution in [1.29, 1.82) is 0 Å². The van der Waals surface area contributed by atoms with Gasteiger partial charge in [0, 0.05) is 13.5 Å². The normalized spacial score (nSPS) is 34.5. The first-order valence-electron chi connectivity index (χ1n) is 5.02. The predicted octanol–water partition coefficient (Wildman–Crippen LogP) is 0.660. The second kappa shape index (κ2) is 4.57. The molecule has 84 valence electrons. The molecule has 4 nitrogen and oxygen atoms in total. The Morgan fingerprint density at radius 2 is 1.71 bits per heavy atom. The molecule has 3 unspecified atom stereocenters. The quantitative estimate of drug-likeness (QED) is 0.663. The number of hydrogen-bond acceptors (Lipinski definition) is 4. The molecule has 1 rings (SSSR count). The zero-order valence-electron chi connectivity index (χ0n) is 9.06. The molecule has 3 atom stereocenters. The average Bonchev–Trinajstić information content (AvgIpc) is 1.99. The second-order valence-corrected chi connectivity index (χ2v) is 4.41. The molecular weight excluding hydrogens is 184 g/mol. The van der Waals surface area contributed by atoms with E-state index in [1.807, 2.05) is 0 Å². The van der Waals surface area contributed by atoms with Crippen LogP contribution in [0, 0.1) is 0 Å². The Morgan fingerprint density at radius 3 is 2.21 bits per heavy atom. The Morgan fingerprint density at radius 1 is 1.14 bits per heavy atom. The summed E-state index contributed by atoms with van der Waals surface area (Å²) < 4.78 is 10.6. The maximum absolute atomic E-state index is 9.54. The molecule has 0 aliphatic heterocycles. The fraction of sp³-hybridized carbons (Fsp3) is 1.00. The zero-order chi connectivity index (χ0) is 10.8. The van der Waals surface area contributed by atoms with Gasteiger partial charge in [-0.3, -0.25) is 0 Å². The summed E-state index contributed by atoms with van der Waals surface area (Å²) in [5.41, 5.74) is 0. The smallest absolute Gasteiger partial charge is 0.160 e. The zero-order valence-corrected chi connectivity index (χ0v) is 9.06. The van der Waals surface area contributed by atoms with E-state index in [0.717, 1.165) is 6.42 Å². The van der Waals surface area contributed by atoms with Crippen LogP contribution in [0.25, 0.3) is 0 Å². The number of aliphatic hydroxyl groups excluding tert-OH is 1. The first-order chi connectivity index (χ1) is 6.40. The van der Waals surface area contributed by atoms with Crippen molar-refractivity contribution in [1.82, 2.24) is 0 Å². The van der Waals surface area contributed by atoms with Crippen molar-refractivity contribution in [2.24, 2.45) is 0 Å². The van der Waals surface area contributed by atoms with Crippen molar-refractivity contribution in [3.63, 3.8) is 0 Å². The van der Waals surface area contributed by atoms with Crippen molar-refractivity contribution in [2.45, 2.75) is 57.2 Å². The maximum atomic E-state index is 9.54. The Hall–Kier alpha value is -0.160. The van der Waals surface area contributed by atoms with Crippen molar-refractivity contribution in [3.05, 3.63) is 0 Å². The van der Waals surface area contributed by atoms with E-state index in [1.54, 1.807) is 21.0 Å². The van der Waals surface area contributed by atoms with Crippen LogP contribution >= 0.6 is 0 Å². The summed E-state index contributed by atoms with van der Waals surface area (Å²) in [7, 11) is 1.63. The van der Waals surface area contributed by atoms with Crippen LogP contribution in [0.3, 0.4) is 0 Å². The lowest BCUT2D eigenvalue weighted by Gasteiger charge is -2.34. The average molecular weight is 204 g/mol. The highest BCUT2D eigenvalue weighted by Gasteiger charge is 2.31. The van der Waals surface area contributed by atoms with E-state index in [2.05, 4.69) is 0 Å². The Labute approximate surface area is 84.8 Å². The van der Waals surface area contributed by atoms with Gasteiger partial charge >= 0.3 is 0 Å². The van der Waals surface area contributed by atoms with E-state index < -0.39 is 5.79 Å². The maximum Gasteiger partial charge on any atom is 0.160 e. The molecule has 4 heteroatoms. The number of aliphatic hydroxyl groups is 2. The topological polar surface area (TPSA) is 58.9 Å². The van der Waals surface area contributed by atoms with E-state index in [1.165, 1.54) is 0 Å². The van der Waals surface area contributed by atoms with Crippen LogP contribution in [0.5, 0.6) is 0 Å². The minimum absolute atomic E-state index is 0.0334. The lowest BCUT2D eigenvalue weighted by Crippen LogP contribution is -2.40. The van der Waals surface area contributed by atoms with Gasteiger partial charge in [-0.2, -0.15) is 0 Å². The summed E-state index contributed by atoms with van der Waals surface area (Å²) in [6.07, 6.45) is 1.49. The third-order valence-corrected chi connectivity index (χ3v) is 2.38. The van der Waals surface area contributed by atoms with Crippen LogP contribution in [-0.4, -0.2) is 41.4 Å². The molecule has 0 aromatic rings. The number of methoxy groups -OCH3 is 1. The van der Waals surface area contributed by atoms with E-state index in [0.29, 0.717) is 12.8 Å². The fourth-order valence-electron chi connectivity index (χ4n) is 1.89. The molecular formula is C10H20O4. The van der Waals surface area contributed by atoms with Gasteiger partial charge in [0.15, 0.2) is 5.79 Å². The van der Waals surface area contributed by atoms with Gasteiger partial charge in [-0.25, -0.2) is 0 Å². The highest BCUT2D eigenvalue weighted by molar-refractivity contribution is 4.80. The van der Waals surface area contributed by atoms with E-state index >= 15 is 0 Å². The van der Waals surface area contributed by atoms with Crippen LogP contribution < -0.4 is 0 Å².